The lowest BCUT2D eigenvalue weighted by molar-refractivity contribution is 0.172. The van der Waals surface area contributed by atoms with E-state index in [2.05, 4.69) is 0 Å². The fraction of sp³-hybridized carbons (Fsp3) is 0.571. The van der Waals surface area contributed by atoms with Gasteiger partial charge < -0.3 is 14.4 Å². The lowest BCUT2D eigenvalue weighted by Gasteiger charge is -2.20. The highest BCUT2D eigenvalue weighted by atomic mass is 19.1. The van der Waals surface area contributed by atoms with Crippen molar-refractivity contribution in [3.8, 4) is 5.75 Å². The van der Waals surface area contributed by atoms with Crippen LogP contribution < -0.4 is 4.74 Å². The minimum Gasteiger partial charge on any atom is -0.497 e. The zero-order valence-corrected chi connectivity index (χ0v) is 11.3. The standard InChI is InChI=1S/C14H19F2NO2/c1-17(7-10-3-4-19-9-10)8-12-13(15)5-11(18-2)6-14(12)16/h5-6,10H,3-4,7-9H2,1-2H3. The Kier molecular flexibility index (Phi) is 4.71. The van der Waals surface area contributed by atoms with E-state index in [9.17, 15) is 8.78 Å². The fourth-order valence-corrected chi connectivity index (χ4v) is 2.35. The molecule has 0 saturated carbocycles. The second kappa shape index (κ2) is 6.30. The minimum absolute atomic E-state index is 0.0854. The predicted octanol–water partition coefficient (Wildman–Crippen LogP) is 2.44. The van der Waals surface area contributed by atoms with Gasteiger partial charge in [0.05, 0.1) is 13.7 Å². The van der Waals surface area contributed by atoms with Crippen molar-refractivity contribution < 1.29 is 18.3 Å². The van der Waals surface area contributed by atoms with Crippen LogP contribution in [0.15, 0.2) is 12.1 Å². The number of rotatable bonds is 5. The van der Waals surface area contributed by atoms with Crippen molar-refractivity contribution in [2.45, 2.75) is 13.0 Å². The van der Waals surface area contributed by atoms with Crippen LogP contribution in [0.5, 0.6) is 5.75 Å². The Balaban J connectivity index is 2.01. The molecular weight excluding hydrogens is 252 g/mol. The molecule has 1 fully saturated rings. The smallest absolute Gasteiger partial charge is 0.134 e. The third-order valence-corrected chi connectivity index (χ3v) is 3.37. The van der Waals surface area contributed by atoms with Crippen molar-refractivity contribution >= 4 is 0 Å². The molecule has 19 heavy (non-hydrogen) atoms. The van der Waals surface area contributed by atoms with E-state index in [1.54, 1.807) is 0 Å². The molecule has 2 rings (SSSR count). The maximum atomic E-state index is 13.8. The second-order valence-electron chi connectivity index (χ2n) is 5.00. The molecule has 0 bridgehead atoms. The Labute approximate surface area is 112 Å². The highest BCUT2D eigenvalue weighted by Gasteiger charge is 2.19. The van der Waals surface area contributed by atoms with E-state index < -0.39 is 11.6 Å². The van der Waals surface area contributed by atoms with Gasteiger partial charge in [0.2, 0.25) is 0 Å². The number of methoxy groups -OCH3 is 1. The van der Waals surface area contributed by atoms with Crippen LogP contribution in [0, 0.1) is 17.6 Å². The molecule has 1 aliphatic rings. The molecule has 0 aromatic heterocycles. The molecule has 0 radical (unpaired) electrons. The average molecular weight is 271 g/mol. The summed E-state index contributed by atoms with van der Waals surface area (Å²) in [7, 11) is 3.25. The van der Waals surface area contributed by atoms with E-state index in [1.165, 1.54) is 19.2 Å². The normalized spacial score (nSPS) is 19.1. The van der Waals surface area contributed by atoms with Crippen LogP contribution in [0.25, 0.3) is 0 Å². The number of halogens is 2. The fourth-order valence-electron chi connectivity index (χ4n) is 2.35. The van der Waals surface area contributed by atoms with Crippen LogP contribution in [0.3, 0.4) is 0 Å². The number of hydrogen-bond donors (Lipinski definition) is 0. The summed E-state index contributed by atoms with van der Waals surface area (Å²) < 4.78 is 37.7. The van der Waals surface area contributed by atoms with Gasteiger partial charge in [0.1, 0.15) is 17.4 Å². The van der Waals surface area contributed by atoms with Gasteiger partial charge in [0, 0.05) is 37.4 Å². The molecular formula is C14H19F2NO2. The van der Waals surface area contributed by atoms with Gasteiger partial charge in [0.15, 0.2) is 0 Å². The van der Waals surface area contributed by atoms with Crippen LogP contribution in [-0.2, 0) is 11.3 Å². The maximum absolute atomic E-state index is 13.8. The third kappa shape index (κ3) is 3.64. The zero-order chi connectivity index (χ0) is 13.8. The summed E-state index contributed by atoms with van der Waals surface area (Å²) in [5, 5.41) is 0. The Morgan fingerprint density at radius 3 is 2.58 bits per heavy atom. The number of ether oxygens (including phenoxy) is 2. The largest absolute Gasteiger partial charge is 0.497 e. The first kappa shape index (κ1) is 14.2. The van der Waals surface area contributed by atoms with Crippen LogP contribution in [0.4, 0.5) is 8.78 Å². The number of benzene rings is 1. The Hall–Kier alpha value is -1.20. The molecule has 0 aliphatic carbocycles. The first-order chi connectivity index (χ1) is 9.10. The summed E-state index contributed by atoms with van der Waals surface area (Å²) in [6.07, 6.45) is 1.01. The summed E-state index contributed by atoms with van der Waals surface area (Å²) in [5.74, 6) is -0.474. The van der Waals surface area contributed by atoms with Crippen LogP contribution >= 0.6 is 0 Å². The molecule has 1 aromatic carbocycles. The highest BCUT2D eigenvalue weighted by Crippen LogP contribution is 2.22. The highest BCUT2D eigenvalue weighted by molar-refractivity contribution is 5.30. The van der Waals surface area contributed by atoms with Gasteiger partial charge >= 0.3 is 0 Å². The van der Waals surface area contributed by atoms with Gasteiger partial charge in [-0.05, 0) is 19.4 Å². The van der Waals surface area contributed by atoms with Crippen molar-refractivity contribution in [2.75, 3.05) is 33.9 Å². The first-order valence-corrected chi connectivity index (χ1v) is 6.38. The molecule has 1 aliphatic heterocycles. The van der Waals surface area contributed by atoms with Crippen molar-refractivity contribution in [1.82, 2.24) is 4.90 Å². The zero-order valence-electron chi connectivity index (χ0n) is 11.3. The molecule has 3 nitrogen and oxygen atoms in total. The molecule has 5 heteroatoms. The van der Waals surface area contributed by atoms with E-state index in [0.29, 0.717) is 5.92 Å². The summed E-state index contributed by atoms with van der Waals surface area (Å²) in [5.41, 5.74) is 0.0854. The minimum atomic E-state index is -0.564. The Bertz CT molecular complexity index is 410. The average Bonchev–Trinajstić information content (AvgIpc) is 2.86. The molecule has 1 saturated heterocycles. The lowest BCUT2D eigenvalue weighted by Crippen LogP contribution is -2.26. The van der Waals surface area contributed by atoms with E-state index in [0.717, 1.165) is 26.2 Å². The molecule has 106 valence electrons. The summed E-state index contributed by atoms with van der Waals surface area (Å²) in [4.78, 5) is 1.92. The number of nitrogens with zero attached hydrogens (tertiary/aromatic N) is 1. The molecule has 0 spiro atoms. The Morgan fingerprint density at radius 1 is 1.37 bits per heavy atom. The van der Waals surface area contributed by atoms with E-state index >= 15 is 0 Å². The van der Waals surface area contributed by atoms with Gasteiger partial charge in [-0.15, -0.1) is 0 Å². The van der Waals surface area contributed by atoms with Gasteiger partial charge in [-0.25, -0.2) is 8.78 Å². The first-order valence-electron chi connectivity index (χ1n) is 6.38. The molecule has 1 heterocycles. The van der Waals surface area contributed by atoms with Crippen molar-refractivity contribution in [2.24, 2.45) is 5.92 Å². The van der Waals surface area contributed by atoms with Gasteiger partial charge in [0.25, 0.3) is 0 Å². The third-order valence-electron chi connectivity index (χ3n) is 3.37. The summed E-state index contributed by atoms with van der Waals surface area (Å²) in [6.45, 7) is 2.55. The topological polar surface area (TPSA) is 21.7 Å². The van der Waals surface area contributed by atoms with E-state index in [-0.39, 0.29) is 17.9 Å². The molecule has 0 amide bonds. The maximum Gasteiger partial charge on any atom is 0.134 e. The molecule has 1 atom stereocenters. The number of hydrogen-bond acceptors (Lipinski definition) is 3. The van der Waals surface area contributed by atoms with Crippen LogP contribution in [0.1, 0.15) is 12.0 Å². The van der Waals surface area contributed by atoms with Crippen LogP contribution in [-0.4, -0.2) is 38.8 Å². The molecule has 1 unspecified atom stereocenters. The quantitative estimate of drug-likeness (QED) is 0.821. The Morgan fingerprint density at radius 2 is 2.05 bits per heavy atom. The van der Waals surface area contributed by atoms with Crippen molar-refractivity contribution in [1.29, 1.82) is 0 Å². The lowest BCUT2D eigenvalue weighted by atomic mass is 10.1. The summed E-state index contributed by atoms with van der Waals surface area (Å²) in [6, 6.07) is 2.43. The van der Waals surface area contributed by atoms with Crippen molar-refractivity contribution in [3.05, 3.63) is 29.3 Å². The van der Waals surface area contributed by atoms with Gasteiger partial charge in [-0.2, -0.15) is 0 Å². The predicted molar refractivity (Wildman–Crippen MR) is 68.2 cm³/mol. The van der Waals surface area contributed by atoms with E-state index in [1.807, 2.05) is 11.9 Å². The summed E-state index contributed by atoms with van der Waals surface area (Å²) >= 11 is 0. The molecule has 1 aromatic rings. The van der Waals surface area contributed by atoms with Crippen molar-refractivity contribution in [3.63, 3.8) is 0 Å². The molecule has 0 N–H and O–H groups in total. The van der Waals surface area contributed by atoms with Gasteiger partial charge in [-0.1, -0.05) is 0 Å². The van der Waals surface area contributed by atoms with Gasteiger partial charge in [-0.3, -0.25) is 0 Å². The monoisotopic (exact) mass is 271 g/mol. The second-order valence-corrected chi connectivity index (χ2v) is 5.00. The van der Waals surface area contributed by atoms with Crippen LogP contribution in [0.2, 0.25) is 0 Å². The van der Waals surface area contributed by atoms with E-state index in [4.69, 9.17) is 9.47 Å². The SMILES string of the molecule is COc1cc(F)c(CN(C)CC2CCOC2)c(F)c1.